The molecule has 0 radical (unpaired) electrons. The van der Waals surface area contributed by atoms with E-state index < -0.39 is 0 Å². The fraction of sp³-hybridized carbons (Fsp3) is 0.133. The minimum atomic E-state index is 0.798. The van der Waals surface area contributed by atoms with Crippen LogP contribution >= 0.6 is 15.9 Å². The molecular formula is C15H12BrNO. The highest BCUT2D eigenvalue weighted by molar-refractivity contribution is 9.10. The van der Waals surface area contributed by atoms with Gasteiger partial charge in [0.05, 0.1) is 0 Å². The molecule has 2 aromatic carbocycles. The number of halogens is 1. The lowest BCUT2D eigenvalue weighted by atomic mass is 10.1. The summed E-state index contributed by atoms with van der Waals surface area (Å²) in [5.74, 6) is 0.798. The monoisotopic (exact) mass is 301 g/mol. The van der Waals surface area contributed by atoms with Crippen molar-refractivity contribution in [3.8, 4) is 0 Å². The van der Waals surface area contributed by atoms with Gasteiger partial charge in [0, 0.05) is 10.9 Å². The Balaban J connectivity index is 1.79. The summed E-state index contributed by atoms with van der Waals surface area (Å²) in [4.78, 5) is 4.48. The Hall–Kier alpha value is -1.61. The third-order valence-electron chi connectivity index (χ3n) is 2.87. The second-order valence-electron chi connectivity index (χ2n) is 4.21. The SMILES string of the molecule is Brc1ccc2nc(CCc3ccccc3)oc2c1. The van der Waals surface area contributed by atoms with E-state index >= 15 is 0 Å². The van der Waals surface area contributed by atoms with Gasteiger partial charge in [0.1, 0.15) is 5.52 Å². The van der Waals surface area contributed by atoms with Crippen LogP contribution in [0, 0.1) is 0 Å². The average Bonchev–Trinajstić information content (AvgIpc) is 2.79. The van der Waals surface area contributed by atoms with E-state index in [1.165, 1.54) is 5.56 Å². The molecule has 3 heteroatoms. The third-order valence-corrected chi connectivity index (χ3v) is 3.36. The Bertz CT molecular complexity index is 661. The number of oxazole rings is 1. The van der Waals surface area contributed by atoms with Crippen LogP contribution in [-0.2, 0) is 12.8 Å². The number of fused-ring (bicyclic) bond motifs is 1. The Kier molecular flexibility index (Phi) is 3.15. The standard InChI is InChI=1S/C15H12BrNO/c16-12-7-8-13-14(10-12)18-15(17-13)9-6-11-4-2-1-3-5-11/h1-5,7-8,10H,6,9H2. The number of nitrogens with zero attached hydrogens (tertiary/aromatic N) is 1. The maximum absolute atomic E-state index is 5.73. The fourth-order valence-electron chi connectivity index (χ4n) is 1.95. The highest BCUT2D eigenvalue weighted by Crippen LogP contribution is 2.21. The molecule has 0 amide bonds. The molecule has 2 nitrogen and oxygen atoms in total. The predicted octanol–water partition coefficient (Wildman–Crippen LogP) is 4.38. The minimum absolute atomic E-state index is 0.798. The number of rotatable bonds is 3. The molecule has 0 atom stereocenters. The summed E-state index contributed by atoms with van der Waals surface area (Å²) < 4.78 is 6.74. The maximum atomic E-state index is 5.73. The summed E-state index contributed by atoms with van der Waals surface area (Å²) >= 11 is 3.43. The molecular weight excluding hydrogens is 290 g/mol. The van der Waals surface area contributed by atoms with Crippen molar-refractivity contribution in [2.75, 3.05) is 0 Å². The van der Waals surface area contributed by atoms with Crippen LogP contribution in [0.1, 0.15) is 11.5 Å². The maximum Gasteiger partial charge on any atom is 0.195 e. The van der Waals surface area contributed by atoms with E-state index in [-0.39, 0.29) is 0 Å². The van der Waals surface area contributed by atoms with Crippen LogP contribution in [0.4, 0.5) is 0 Å². The van der Waals surface area contributed by atoms with Gasteiger partial charge in [0.15, 0.2) is 11.5 Å². The summed E-state index contributed by atoms with van der Waals surface area (Å²) in [6.07, 6.45) is 1.78. The molecule has 0 saturated carbocycles. The zero-order valence-corrected chi connectivity index (χ0v) is 11.4. The van der Waals surface area contributed by atoms with Crippen LogP contribution < -0.4 is 0 Å². The van der Waals surface area contributed by atoms with Crippen LogP contribution in [0.5, 0.6) is 0 Å². The summed E-state index contributed by atoms with van der Waals surface area (Å²) in [6, 6.07) is 16.3. The van der Waals surface area contributed by atoms with E-state index in [2.05, 4.69) is 45.2 Å². The van der Waals surface area contributed by atoms with Crippen LogP contribution in [0.2, 0.25) is 0 Å². The molecule has 3 aromatic rings. The van der Waals surface area contributed by atoms with Crippen molar-refractivity contribution in [3.63, 3.8) is 0 Å². The summed E-state index contributed by atoms with van der Waals surface area (Å²) in [7, 11) is 0. The lowest BCUT2D eigenvalue weighted by Gasteiger charge is -1.96. The number of benzene rings is 2. The first-order valence-corrected chi connectivity index (χ1v) is 6.69. The zero-order valence-electron chi connectivity index (χ0n) is 9.77. The van der Waals surface area contributed by atoms with Crippen molar-refractivity contribution in [1.82, 2.24) is 4.98 Å². The van der Waals surface area contributed by atoms with Crippen LogP contribution in [0.15, 0.2) is 57.4 Å². The normalized spacial score (nSPS) is 10.9. The number of aryl methyl sites for hydroxylation is 2. The predicted molar refractivity (Wildman–Crippen MR) is 75.6 cm³/mol. The molecule has 1 aromatic heterocycles. The Labute approximate surface area is 114 Å². The second-order valence-corrected chi connectivity index (χ2v) is 5.12. The number of hydrogen-bond acceptors (Lipinski definition) is 2. The Morgan fingerprint density at radius 1 is 1.00 bits per heavy atom. The quantitative estimate of drug-likeness (QED) is 0.718. The van der Waals surface area contributed by atoms with E-state index in [1.54, 1.807) is 0 Å². The molecule has 0 unspecified atom stereocenters. The van der Waals surface area contributed by atoms with Gasteiger partial charge in [0.25, 0.3) is 0 Å². The van der Waals surface area contributed by atoms with Crippen molar-refractivity contribution in [2.24, 2.45) is 0 Å². The molecule has 0 fully saturated rings. The molecule has 0 bridgehead atoms. The van der Waals surface area contributed by atoms with Gasteiger partial charge >= 0.3 is 0 Å². The van der Waals surface area contributed by atoms with Gasteiger partial charge in [-0.25, -0.2) is 4.98 Å². The van der Waals surface area contributed by atoms with Crippen molar-refractivity contribution in [2.45, 2.75) is 12.8 Å². The molecule has 18 heavy (non-hydrogen) atoms. The Morgan fingerprint density at radius 2 is 1.83 bits per heavy atom. The Morgan fingerprint density at radius 3 is 2.67 bits per heavy atom. The number of aromatic nitrogens is 1. The first-order valence-electron chi connectivity index (χ1n) is 5.90. The van der Waals surface area contributed by atoms with E-state index in [0.29, 0.717) is 0 Å². The lowest BCUT2D eigenvalue weighted by Crippen LogP contribution is -1.90. The molecule has 1 heterocycles. The number of hydrogen-bond donors (Lipinski definition) is 0. The van der Waals surface area contributed by atoms with Gasteiger partial charge in [0.2, 0.25) is 0 Å². The summed E-state index contributed by atoms with van der Waals surface area (Å²) in [5, 5.41) is 0. The summed E-state index contributed by atoms with van der Waals surface area (Å²) in [5.41, 5.74) is 3.06. The molecule has 0 saturated heterocycles. The minimum Gasteiger partial charge on any atom is -0.441 e. The molecule has 0 aliphatic heterocycles. The van der Waals surface area contributed by atoms with Crippen molar-refractivity contribution < 1.29 is 4.42 Å². The molecule has 3 rings (SSSR count). The van der Waals surface area contributed by atoms with Crippen molar-refractivity contribution >= 4 is 27.0 Å². The van der Waals surface area contributed by atoms with Gasteiger partial charge in [-0.3, -0.25) is 0 Å². The largest absolute Gasteiger partial charge is 0.441 e. The van der Waals surface area contributed by atoms with Crippen molar-refractivity contribution in [3.05, 3.63) is 64.5 Å². The summed E-state index contributed by atoms with van der Waals surface area (Å²) in [6.45, 7) is 0. The van der Waals surface area contributed by atoms with E-state index in [0.717, 1.165) is 34.3 Å². The molecule has 0 aliphatic rings. The van der Waals surface area contributed by atoms with E-state index in [4.69, 9.17) is 4.42 Å². The smallest absolute Gasteiger partial charge is 0.195 e. The van der Waals surface area contributed by atoms with Gasteiger partial charge in [-0.15, -0.1) is 0 Å². The van der Waals surface area contributed by atoms with Gasteiger partial charge in [-0.1, -0.05) is 46.3 Å². The van der Waals surface area contributed by atoms with Gasteiger partial charge in [-0.05, 0) is 30.2 Å². The average molecular weight is 302 g/mol. The van der Waals surface area contributed by atoms with Gasteiger partial charge in [-0.2, -0.15) is 0 Å². The first kappa shape index (κ1) is 11.5. The lowest BCUT2D eigenvalue weighted by molar-refractivity contribution is 0.528. The first-order chi connectivity index (χ1) is 8.81. The second kappa shape index (κ2) is 4.94. The van der Waals surface area contributed by atoms with Crippen LogP contribution in [0.25, 0.3) is 11.1 Å². The van der Waals surface area contributed by atoms with Crippen LogP contribution in [-0.4, -0.2) is 4.98 Å². The molecule has 0 aliphatic carbocycles. The van der Waals surface area contributed by atoms with Crippen LogP contribution in [0.3, 0.4) is 0 Å². The van der Waals surface area contributed by atoms with Gasteiger partial charge < -0.3 is 4.42 Å². The molecule has 0 N–H and O–H groups in total. The van der Waals surface area contributed by atoms with E-state index in [9.17, 15) is 0 Å². The highest BCUT2D eigenvalue weighted by atomic mass is 79.9. The third kappa shape index (κ3) is 2.46. The zero-order chi connectivity index (χ0) is 12.4. The van der Waals surface area contributed by atoms with E-state index in [1.807, 2.05) is 24.3 Å². The topological polar surface area (TPSA) is 26.0 Å². The molecule has 0 spiro atoms. The molecule has 90 valence electrons. The fourth-order valence-corrected chi connectivity index (χ4v) is 2.29. The van der Waals surface area contributed by atoms with Crippen molar-refractivity contribution in [1.29, 1.82) is 0 Å². The highest BCUT2D eigenvalue weighted by Gasteiger charge is 2.06.